The van der Waals surface area contributed by atoms with E-state index >= 15 is 0 Å². The van der Waals surface area contributed by atoms with Gasteiger partial charge in [0.15, 0.2) is 5.82 Å². The van der Waals surface area contributed by atoms with Crippen LogP contribution in [0.4, 0.5) is 5.00 Å². The van der Waals surface area contributed by atoms with Gasteiger partial charge in [0.1, 0.15) is 5.00 Å². The molecule has 0 atom stereocenters. The lowest BCUT2D eigenvalue weighted by molar-refractivity contribution is 0.587. The van der Waals surface area contributed by atoms with Crippen molar-refractivity contribution in [1.82, 2.24) is 9.36 Å². The molecule has 1 aliphatic rings. The Hall–Kier alpha value is -2.49. The lowest BCUT2D eigenvalue weighted by atomic mass is 10.2. The molecule has 1 N–H and O–H groups in total. The maximum Gasteiger partial charge on any atom is 0.323 e. The summed E-state index contributed by atoms with van der Waals surface area (Å²) in [6.45, 7) is 2.47. The van der Waals surface area contributed by atoms with Crippen molar-refractivity contribution in [2.75, 3.05) is 10.8 Å². The fraction of sp³-hybridized carbons (Fsp3) is 0.273. The largest absolute Gasteiger partial charge is 0.323 e. The molecule has 1 saturated carbocycles. The fourth-order valence-corrected chi connectivity index (χ4v) is 7.15. The lowest BCUT2D eigenvalue weighted by Crippen LogP contribution is -2.32. The molecule has 0 saturated heterocycles. The van der Waals surface area contributed by atoms with Crippen molar-refractivity contribution in [2.45, 2.75) is 31.1 Å². The average molecular weight is 472 g/mol. The molecule has 2 aromatic heterocycles. The molecule has 31 heavy (non-hydrogen) atoms. The smallest absolute Gasteiger partial charge is 0.296 e. The molecular weight excluding hydrogens is 450 g/mol. The summed E-state index contributed by atoms with van der Waals surface area (Å²) in [5.74, 6) is 1.07. The average Bonchev–Trinajstić information content (AvgIpc) is 3.41. The van der Waals surface area contributed by atoms with E-state index in [1.165, 1.54) is 24.2 Å². The van der Waals surface area contributed by atoms with Gasteiger partial charge in [0, 0.05) is 28.3 Å². The molecule has 0 radical (unpaired) electrons. The minimum atomic E-state index is -3.73. The maximum atomic E-state index is 13.7. The number of nitrogens with one attached hydrogen (secondary N) is 1. The van der Waals surface area contributed by atoms with Crippen LogP contribution in [0.25, 0.3) is 21.5 Å². The van der Waals surface area contributed by atoms with Gasteiger partial charge in [0.25, 0.3) is 10.0 Å². The number of aromatic nitrogens is 2. The molecule has 6 nitrogen and oxygen atoms in total. The summed E-state index contributed by atoms with van der Waals surface area (Å²) < 4.78 is 34.2. The molecular formula is C22H21N3O3S3. The lowest BCUT2D eigenvalue weighted by Gasteiger charge is -2.24. The van der Waals surface area contributed by atoms with Gasteiger partial charge in [0.2, 0.25) is 0 Å². The Balaban J connectivity index is 1.54. The summed E-state index contributed by atoms with van der Waals surface area (Å²) in [5.41, 5.74) is 1.68. The third-order valence-corrected chi connectivity index (χ3v) is 9.40. The fourth-order valence-electron chi connectivity index (χ4n) is 3.70. The summed E-state index contributed by atoms with van der Waals surface area (Å²) in [5, 5.41) is 1.88. The van der Waals surface area contributed by atoms with Gasteiger partial charge < -0.3 is 0 Å². The van der Waals surface area contributed by atoms with Crippen molar-refractivity contribution < 1.29 is 8.42 Å². The van der Waals surface area contributed by atoms with E-state index in [0.29, 0.717) is 23.9 Å². The molecule has 0 spiro atoms. The summed E-state index contributed by atoms with van der Waals surface area (Å²) in [6, 6.07) is 14.6. The van der Waals surface area contributed by atoms with Crippen LogP contribution in [0.5, 0.6) is 0 Å². The van der Waals surface area contributed by atoms with Gasteiger partial charge in [-0.1, -0.05) is 31.0 Å². The quantitative estimate of drug-likeness (QED) is 0.410. The number of anilines is 1. The second kappa shape index (κ2) is 7.89. The van der Waals surface area contributed by atoms with Crippen LogP contribution in [0.3, 0.4) is 0 Å². The van der Waals surface area contributed by atoms with Crippen molar-refractivity contribution in [1.29, 1.82) is 0 Å². The highest BCUT2D eigenvalue weighted by Gasteiger charge is 2.31. The molecule has 1 aliphatic carbocycles. The van der Waals surface area contributed by atoms with Crippen molar-refractivity contribution in [2.24, 2.45) is 5.92 Å². The Morgan fingerprint density at radius 3 is 2.52 bits per heavy atom. The molecule has 2 aromatic carbocycles. The first-order chi connectivity index (χ1) is 14.9. The minimum absolute atomic E-state index is 0.237. The Labute approximate surface area is 188 Å². The van der Waals surface area contributed by atoms with Crippen LogP contribution >= 0.6 is 22.9 Å². The van der Waals surface area contributed by atoms with Gasteiger partial charge >= 0.3 is 4.87 Å². The Kier molecular flexibility index (Phi) is 5.19. The Morgan fingerprint density at radius 1 is 1.13 bits per heavy atom. The molecule has 0 bridgehead atoms. The first-order valence-electron chi connectivity index (χ1n) is 10.1. The van der Waals surface area contributed by atoms with E-state index in [9.17, 15) is 13.2 Å². The van der Waals surface area contributed by atoms with Crippen LogP contribution in [0.1, 0.15) is 24.8 Å². The van der Waals surface area contributed by atoms with Crippen LogP contribution in [-0.2, 0) is 10.0 Å². The van der Waals surface area contributed by atoms with E-state index < -0.39 is 10.0 Å². The zero-order valence-electron chi connectivity index (χ0n) is 16.9. The number of sulfonamides is 1. The number of hydrogen-bond donors (Lipinski definition) is 1. The number of rotatable bonds is 7. The number of aromatic amines is 1. The van der Waals surface area contributed by atoms with Crippen LogP contribution < -0.4 is 9.18 Å². The normalized spacial score (nSPS) is 14.2. The number of hydrogen-bond acceptors (Lipinski definition) is 6. The summed E-state index contributed by atoms with van der Waals surface area (Å²) in [7, 11) is -3.73. The highest BCUT2D eigenvalue weighted by atomic mass is 32.2. The monoisotopic (exact) mass is 471 g/mol. The molecule has 5 rings (SSSR count). The van der Waals surface area contributed by atoms with E-state index in [1.807, 2.05) is 31.2 Å². The molecule has 0 aliphatic heterocycles. The maximum absolute atomic E-state index is 13.7. The molecule has 2 heterocycles. The van der Waals surface area contributed by atoms with Gasteiger partial charge in [-0.15, -0.1) is 11.3 Å². The van der Waals surface area contributed by atoms with E-state index in [4.69, 9.17) is 0 Å². The minimum Gasteiger partial charge on any atom is -0.296 e. The summed E-state index contributed by atoms with van der Waals surface area (Å²) >= 11 is 2.37. The van der Waals surface area contributed by atoms with Crippen LogP contribution in [0.15, 0.2) is 58.2 Å². The second-order valence-corrected chi connectivity index (χ2v) is 11.4. The number of thiophene rings is 1. The van der Waals surface area contributed by atoms with E-state index in [1.54, 1.807) is 28.6 Å². The molecule has 0 unspecified atom stereocenters. The number of fused-ring (bicyclic) bond motifs is 1. The summed E-state index contributed by atoms with van der Waals surface area (Å²) in [4.78, 5) is 14.0. The van der Waals surface area contributed by atoms with Crippen LogP contribution in [0, 0.1) is 12.8 Å². The SMILES string of the molecule is Cc1c(N(CCC2CC2)S(=O)(=O)c2ccc(-c3nsc(=O)[nH]3)cc2)sc2ccccc12. The Morgan fingerprint density at radius 2 is 1.87 bits per heavy atom. The molecule has 0 amide bonds. The number of benzene rings is 2. The zero-order chi connectivity index (χ0) is 21.6. The van der Waals surface area contributed by atoms with Gasteiger partial charge in [-0.3, -0.25) is 14.1 Å². The number of H-pyrrole nitrogens is 1. The molecule has 1 fully saturated rings. The van der Waals surface area contributed by atoms with Gasteiger partial charge in [-0.05, 0) is 60.5 Å². The number of nitrogens with zero attached hydrogens (tertiary/aromatic N) is 2. The van der Waals surface area contributed by atoms with Gasteiger partial charge in [-0.2, -0.15) is 4.37 Å². The number of aryl methyl sites for hydroxylation is 1. The van der Waals surface area contributed by atoms with Crippen molar-refractivity contribution in [3.05, 3.63) is 63.8 Å². The predicted molar refractivity (Wildman–Crippen MR) is 127 cm³/mol. The first kappa shape index (κ1) is 20.4. The Bertz CT molecular complexity index is 1400. The molecule has 4 aromatic rings. The van der Waals surface area contributed by atoms with Crippen molar-refractivity contribution in [3.8, 4) is 11.4 Å². The molecule has 160 valence electrons. The predicted octanol–water partition coefficient (Wildman–Crippen LogP) is 5.02. The van der Waals surface area contributed by atoms with Crippen LogP contribution in [0.2, 0.25) is 0 Å². The van der Waals surface area contributed by atoms with E-state index in [0.717, 1.165) is 38.6 Å². The van der Waals surface area contributed by atoms with Crippen molar-refractivity contribution in [3.63, 3.8) is 0 Å². The van der Waals surface area contributed by atoms with Crippen LogP contribution in [-0.4, -0.2) is 24.3 Å². The highest BCUT2D eigenvalue weighted by Crippen LogP contribution is 2.41. The van der Waals surface area contributed by atoms with E-state index in [2.05, 4.69) is 9.36 Å². The topological polar surface area (TPSA) is 83.1 Å². The van der Waals surface area contributed by atoms with Gasteiger partial charge in [-0.25, -0.2) is 8.42 Å². The first-order valence-corrected chi connectivity index (χ1v) is 13.1. The third kappa shape index (κ3) is 3.93. The highest BCUT2D eigenvalue weighted by molar-refractivity contribution is 7.93. The van der Waals surface area contributed by atoms with Crippen molar-refractivity contribution >= 4 is 48.0 Å². The summed E-state index contributed by atoms with van der Waals surface area (Å²) in [6.07, 6.45) is 3.23. The standard InChI is InChI=1S/C22H21N3O3S3/c1-14-18-4-2-3-5-19(18)29-21(14)25(13-12-15-6-7-15)31(27,28)17-10-8-16(9-11-17)20-23-22(26)30-24-20/h2-5,8-11,15H,6-7,12-13H2,1H3,(H,23,24,26). The van der Waals surface area contributed by atoms with Gasteiger partial charge in [0.05, 0.1) is 4.90 Å². The second-order valence-electron chi connectivity index (χ2n) is 7.81. The van der Waals surface area contributed by atoms with E-state index in [-0.39, 0.29) is 9.77 Å². The molecule has 9 heteroatoms. The third-order valence-electron chi connectivity index (χ3n) is 5.64. The zero-order valence-corrected chi connectivity index (χ0v) is 19.3.